The highest BCUT2D eigenvalue weighted by atomic mass is 28.4. The number of hydrogen-bond donors (Lipinski definition) is 3. The fourth-order valence-electron chi connectivity index (χ4n) is 1.77. The van der Waals surface area contributed by atoms with Gasteiger partial charge in [0.1, 0.15) is 5.78 Å². The molecule has 0 saturated heterocycles. The summed E-state index contributed by atoms with van der Waals surface area (Å²) in [5, 5.41) is 0. The van der Waals surface area contributed by atoms with Gasteiger partial charge < -0.3 is 19.1 Å². The van der Waals surface area contributed by atoms with Crippen LogP contribution in [0.3, 0.4) is 0 Å². The Morgan fingerprint density at radius 2 is 1.84 bits per heavy atom. The van der Waals surface area contributed by atoms with Gasteiger partial charge in [-0.2, -0.15) is 0 Å². The number of ether oxygens (including phenoxy) is 1. The van der Waals surface area contributed by atoms with E-state index in [2.05, 4.69) is 0 Å². The average Bonchev–Trinajstić information content (AvgIpc) is 2.29. The van der Waals surface area contributed by atoms with Crippen LogP contribution in [-0.4, -0.2) is 41.6 Å². The zero-order valence-corrected chi connectivity index (χ0v) is 12.8. The predicted octanol–water partition coefficient (Wildman–Crippen LogP) is 0.477. The second-order valence-corrected chi connectivity index (χ2v) is 6.95. The SMILES string of the molecule is CCC(CC(C)C(=O)OCCC[Si](O)(O)O)C(C)=O. The molecule has 0 amide bonds. The molecule has 2 atom stereocenters. The van der Waals surface area contributed by atoms with Gasteiger partial charge in [0.2, 0.25) is 0 Å². The maximum Gasteiger partial charge on any atom is 0.492 e. The van der Waals surface area contributed by atoms with Gasteiger partial charge in [0.15, 0.2) is 0 Å². The molecule has 0 aromatic carbocycles. The zero-order valence-electron chi connectivity index (χ0n) is 11.8. The largest absolute Gasteiger partial charge is 0.492 e. The molecule has 112 valence electrons. The summed E-state index contributed by atoms with van der Waals surface area (Å²) in [7, 11) is -4.04. The van der Waals surface area contributed by atoms with Crippen molar-refractivity contribution in [2.45, 2.75) is 46.1 Å². The van der Waals surface area contributed by atoms with Crippen LogP contribution in [0.5, 0.6) is 0 Å². The molecule has 0 rings (SSSR count). The third kappa shape index (κ3) is 8.87. The predicted molar refractivity (Wildman–Crippen MR) is 71.0 cm³/mol. The number of carbonyl (C=O) groups is 2. The molecule has 2 unspecified atom stereocenters. The highest BCUT2D eigenvalue weighted by molar-refractivity contribution is 6.56. The number of ketones is 1. The number of Topliss-reactive ketones (excluding diaryl/α,β-unsaturated/α-hetero) is 1. The summed E-state index contributed by atoms with van der Waals surface area (Å²) in [6.45, 7) is 5.16. The van der Waals surface area contributed by atoms with Gasteiger partial charge in [0.25, 0.3) is 0 Å². The second kappa shape index (κ2) is 8.42. The Kier molecular flexibility index (Phi) is 8.08. The van der Waals surface area contributed by atoms with Gasteiger partial charge >= 0.3 is 14.8 Å². The molecular weight excluding hydrogens is 268 g/mol. The lowest BCUT2D eigenvalue weighted by Crippen LogP contribution is -2.34. The van der Waals surface area contributed by atoms with Crippen LogP contribution in [0.25, 0.3) is 0 Å². The first-order valence-corrected chi connectivity index (χ1v) is 8.56. The molecule has 0 saturated carbocycles. The van der Waals surface area contributed by atoms with E-state index in [4.69, 9.17) is 19.1 Å². The molecular formula is C12H24O6Si. The van der Waals surface area contributed by atoms with Gasteiger partial charge in [0, 0.05) is 12.0 Å². The summed E-state index contributed by atoms with van der Waals surface area (Å²) in [6.07, 6.45) is 1.36. The van der Waals surface area contributed by atoms with Gasteiger partial charge in [0.05, 0.1) is 12.5 Å². The molecule has 0 bridgehead atoms. The Labute approximate surface area is 114 Å². The first kappa shape index (κ1) is 18.2. The highest BCUT2D eigenvalue weighted by Gasteiger charge is 2.26. The summed E-state index contributed by atoms with van der Waals surface area (Å²) in [6, 6.07) is -0.153. The first-order valence-electron chi connectivity index (χ1n) is 6.51. The maximum absolute atomic E-state index is 11.6. The van der Waals surface area contributed by atoms with Crippen LogP contribution in [0, 0.1) is 11.8 Å². The third-order valence-electron chi connectivity index (χ3n) is 3.01. The standard InChI is InChI=1S/C12H24O6Si/c1-4-11(10(3)13)8-9(2)12(14)18-6-5-7-19(15,16)17/h9,11,15-17H,4-8H2,1-3H3. The van der Waals surface area contributed by atoms with Crippen molar-refractivity contribution in [1.82, 2.24) is 0 Å². The normalized spacial score (nSPS) is 14.8. The highest BCUT2D eigenvalue weighted by Crippen LogP contribution is 2.18. The number of hydrogen-bond acceptors (Lipinski definition) is 6. The van der Waals surface area contributed by atoms with E-state index >= 15 is 0 Å². The Hall–Kier alpha value is -0.763. The van der Waals surface area contributed by atoms with Crippen molar-refractivity contribution in [3.8, 4) is 0 Å². The molecule has 6 nitrogen and oxygen atoms in total. The molecule has 0 heterocycles. The van der Waals surface area contributed by atoms with Gasteiger partial charge in [-0.15, -0.1) is 0 Å². The molecule has 0 aromatic heterocycles. The molecule has 0 aliphatic heterocycles. The van der Waals surface area contributed by atoms with Crippen LogP contribution in [0.2, 0.25) is 6.04 Å². The van der Waals surface area contributed by atoms with Gasteiger partial charge in [-0.05, 0) is 26.2 Å². The van der Waals surface area contributed by atoms with Crippen molar-refractivity contribution in [1.29, 1.82) is 0 Å². The van der Waals surface area contributed by atoms with Crippen molar-refractivity contribution in [2.75, 3.05) is 6.61 Å². The fourth-order valence-corrected chi connectivity index (χ4v) is 2.39. The minimum Gasteiger partial charge on any atom is -0.465 e. The molecule has 3 N–H and O–H groups in total. The molecule has 19 heavy (non-hydrogen) atoms. The molecule has 0 spiro atoms. The van der Waals surface area contributed by atoms with E-state index in [1.807, 2.05) is 6.92 Å². The third-order valence-corrected chi connectivity index (χ3v) is 4.03. The van der Waals surface area contributed by atoms with Crippen LogP contribution in [0.1, 0.15) is 40.0 Å². The van der Waals surface area contributed by atoms with Crippen molar-refractivity contribution >= 4 is 20.6 Å². The lowest BCUT2D eigenvalue weighted by molar-refractivity contribution is -0.148. The van der Waals surface area contributed by atoms with E-state index in [1.54, 1.807) is 6.92 Å². The van der Waals surface area contributed by atoms with E-state index in [0.29, 0.717) is 12.8 Å². The van der Waals surface area contributed by atoms with Crippen LogP contribution < -0.4 is 0 Å². The van der Waals surface area contributed by atoms with Gasteiger partial charge in [-0.3, -0.25) is 9.59 Å². The van der Waals surface area contributed by atoms with Crippen LogP contribution in [0.4, 0.5) is 0 Å². The van der Waals surface area contributed by atoms with Gasteiger partial charge in [-0.1, -0.05) is 13.8 Å². The Bertz CT molecular complexity index is 299. The summed E-state index contributed by atoms with van der Waals surface area (Å²) in [4.78, 5) is 49.2. The van der Waals surface area contributed by atoms with Gasteiger partial charge in [-0.25, -0.2) is 0 Å². The maximum atomic E-state index is 11.6. The number of rotatable bonds is 9. The monoisotopic (exact) mass is 292 g/mol. The van der Waals surface area contributed by atoms with E-state index in [-0.39, 0.29) is 36.7 Å². The minimum absolute atomic E-state index is 0.0382. The molecule has 0 aromatic rings. The topological polar surface area (TPSA) is 104 Å². The van der Waals surface area contributed by atoms with E-state index in [0.717, 1.165) is 0 Å². The molecule has 7 heteroatoms. The van der Waals surface area contributed by atoms with Crippen molar-refractivity contribution in [3.05, 3.63) is 0 Å². The summed E-state index contributed by atoms with van der Waals surface area (Å²) < 4.78 is 4.96. The van der Waals surface area contributed by atoms with Crippen LogP contribution in [0.15, 0.2) is 0 Å². The molecule has 0 aliphatic carbocycles. The average molecular weight is 292 g/mol. The zero-order chi connectivity index (χ0) is 15.1. The van der Waals surface area contributed by atoms with Crippen LogP contribution in [-0.2, 0) is 14.3 Å². The smallest absolute Gasteiger partial charge is 0.465 e. The molecule has 0 aliphatic rings. The van der Waals surface area contributed by atoms with Crippen LogP contribution >= 0.6 is 0 Å². The lowest BCUT2D eigenvalue weighted by atomic mass is 9.91. The first-order chi connectivity index (χ1) is 8.67. The fraction of sp³-hybridized carbons (Fsp3) is 0.833. The Morgan fingerprint density at radius 3 is 2.26 bits per heavy atom. The van der Waals surface area contributed by atoms with Crippen molar-refractivity contribution in [3.63, 3.8) is 0 Å². The van der Waals surface area contributed by atoms with E-state index < -0.39 is 14.8 Å². The minimum atomic E-state index is -4.04. The van der Waals surface area contributed by atoms with E-state index in [9.17, 15) is 9.59 Å². The lowest BCUT2D eigenvalue weighted by Gasteiger charge is -2.16. The summed E-state index contributed by atoms with van der Waals surface area (Å²) in [5.74, 6) is -0.831. The molecule has 0 fully saturated rings. The number of esters is 1. The molecule has 0 radical (unpaired) electrons. The summed E-state index contributed by atoms with van der Waals surface area (Å²) in [5.41, 5.74) is 0. The summed E-state index contributed by atoms with van der Waals surface area (Å²) >= 11 is 0. The van der Waals surface area contributed by atoms with Crippen molar-refractivity contribution < 1.29 is 28.7 Å². The van der Waals surface area contributed by atoms with E-state index in [1.165, 1.54) is 6.92 Å². The second-order valence-electron chi connectivity index (χ2n) is 4.90. The van der Waals surface area contributed by atoms with Crippen molar-refractivity contribution in [2.24, 2.45) is 11.8 Å². The number of carbonyl (C=O) groups excluding carboxylic acids is 2. The quantitative estimate of drug-likeness (QED) is 0.324. The Balaban J connectivity index is 3.97. The Morgan fingerprint density at radius 1 is 1.26 bits per heavy atom.